The summed E-state index contributed by atoms with van der Waals surface area (Å²) in [6.45, 7) is -0.126. The third-order valence-electron chi connectivity index (χ3n) is 4.39. The van der Waals surface area contributed by atoms with Crippen LogP contribution >= 0.6 is 0 Å². The Morgan fingerprint density at radius 3 is 2.72 bits per heavy atom. The van der Waals surface area contributed by atoms with E-state index in [4.69, 9.17) is 14.7 Å². The number of carbonyl (C=O) groups is 1. The van der Waals surface area contributed by atoms with E-state index in [2.05, 4.69) is 10.5 Å². The fourth-order valence-corrected chi connectivity index (χ4v) is 3.00. The molecule has 0 aliphatic rings. The number of benzene rings is 2. The highest BCUT2D eigenvalue weighted by atomic mass is 19.4. The lowest BCUT2D eigenvalue weighted by molar-refractivity contribution is -0.137. The minimum absolute atomic E-state index is 0.0106. The molecule has 4 aromatic rings. The Hall–Kier alpha value is -3.75. The second kappa shape index (κ2) is 7.01. The Labute approximate surface area is 162 Å². The molecule has 0 aliphatic carbocycles. The van der Waals surface area contributed by atoms with Gasteiger partial charge < -0.3 is 20.0 Å². The van der Waals surface area contributed by atoms with Crippen LogP contribution in [-0.4, -0.2) is 11.1 Å². The van der Waals surface area contributed by atoms with E-state index in [1.807, 2.05) is 0 Å². The highest BCUT2D eigenvalue weighted by molar-refractivity contribution is 6.06. The lowest BCUT2D eigenvalue weighted by atomic mass is 10.1. The van der Waals surface area contributed by atoms with Crippen LogP contribution in [0.5, 0.6) is 0 Å². The Bertz CT molecular complexity index is 1190. The van der Waals surface area contributed by atoms with Gasteiger partial charge in [0.25, 0.3) is 5.91 Å². The summed E-state index contributed by atoms with van der Waals surface area (Å²) in [7, 11) is 0. The summed E-state index contributed by atoms with van der Waals surface area (Å²) in [6, 6.07) is 11.9. The van der Waals surface area contributed by atoms with Gasteiger partial charge in [-0.3, -0.25) is 4.79 Å². The molecule has 0 atom stereocenters. The minimum atomic E-state index is -4.46. The third kappa shape index (κ3) is 3.54. The molecule has 148 valence electrons. The number of amides is 1. The second-order valence-electron chi connectivity index (χ2n) is 6.30. The second-order valence-corrected chi connectivity index (χ2v) is 6.30. The molecule has 0 saturated heterocycles. The number of alkyl halides is 3. The van der Waals surface area contributed by atoms with E-state index >= 15 is 0 Å². The van der Waals surface area contributed by atoms with Gasteiger partial charge in [0.2, 0.25) is 5.88 Å². The largest absolute Gasteiger partial charge is 0.464 e. The lowest BCUT2D eigenvalue weighted by Gasteiger charge is -2.09. The maximum atomic E-state index is 12.8. The van der Waals surface area contributed by atoms with E-state index in [1.54, 1.807) is 24.3 Å². The van der Waals surface area contributed by atoms with Gasteiger partial charge in [-0.05, 0) is 23.8 Å². The van der Waals surface area contributed by atoms with Gasteiger partial charge in [-0.25, -0.2) is 0 Å². The van der Waals surface area contributed by atoms with Crippen molar-refractivity contribution in [3.8, 4) is 11.3 Å². The van der Waals surface area contributed by atoms with Crippen molar-refractivity contribution in [2.45, 2.75) is 12.7 Å². The van der Waals surface area contributed by atoms with E-state index < -0.39 is 17.6 Å². The molecule has 2 aromatic heterocycles. The first-order chi connectivity index (χ1) is 13.8. The SMILES string of the molecule is Nc1onc(-c2coc3ccccc23)c1C(=O)NCc1cccc(C(F)(F)F)c1. The molecule has 0 radical (unpaired) electrons. The Kier molecular flexibility index (Phi) is 4.50. The number of para-hydroxylation sites is 1. The Morgan fingerprint density at radius 2 is 1.93 bits per heavy atom. The number of nitrogens with zero attached hydrogens (tertiary/aromatic N) is 1. The maximum absolute atomic E-state index is 12.8. The molecular formula is C20H14F3N3O3. The number of nitrogen functional groups attached to an aromatic ring is 1. The average Bonchev–Trinajstić information content (AvgIpc) is 3.29. The van der Waals surface area contributed by atoms with E-state index in [-0.39, 0.29) is 23.7 Å². The average molecular weight is 401 g/mol. The van der Waals surface area contributed by atoms with Crippen LogP contribution in [0, 0.1) is 0 Å². The molecule has 9 heteroatoms. The smallest absolute Gasteiger partial charge is 0.416 e. The molecule has 2 heterocycles. The van der Waals surface area contributed by atoms with Gasteiger partial charge in [0.05, 0.1) is 11.1 Å². The van der Waals surface area contributed by atoms with Crippen molar-refractivity contribution in [1.82, 2.24) is 10.5 Å². The summed E-state index contributed by atoms with van der Waals surface area (Å²) < 4.78 is 49.0. The van der Waals surface area contributed by atoms with Crippen molar-refractivity contribution in [2.24, 2.45) is 0 Å². The van der Waals surface area contributed by atoms with Gasteiger partial charge in [-0.2, -0.15) is 13.2 Å². The first kappa shape index (κ1) is 18.6. The minimum Gasteiger partial charge on any atom is -0.464 e. The van der Waals surface area contributed by atoms with Crippen molar-refractivity contribution in [3.05, 3.63) is 71.5 Å². The van der Waals surface area contributed by atoms with Gasteiger partial charge >= 0.3 is 6.18 Å². The van der Waals surface area contributed by atoms with Crippen LogP contribution in [0.25, 0.3) is 22.2 Å². The number of furan rings is 1. The quantitative estimate of drug-likeness (QED) is 0.520. The first-order valence-corrected chi connectivity index (χ1v) is 8.50. The fraction of sp³-hybridized carbons (Fsp3) is 0.100. The van der Waals surface area contributed by atoms with Gasteiger partial charge in [0.1, 0.15) is 23.1 Å². The zero-order valence-electron chi connectivity index (χ0n) is 14.8. The van der Waals surface area contributed by atoms with Gasteiger partial charge in [-0.15, -0.1) is 0 Å². The number of halogens is 3. The molecule has 2 aromatic carbocycles. The van der Waals surface area contributed by atoms with Crippen LogP contribution in [-0.2, 0) is 12.7 Å². The molecule has 0 fully saturated rings. The zero-order chi connectivity index (χ0) is 20.6. The van der Waals surface area contributed by atoms with Gasteiger partial charge in [0.15, 0.2) is 0 Å². The third-order valence-corrected chi connectivity index (χ3v) is 4.39. The number of carbonyl (C=O) groups excluding carboxylic acids is 1. The maximum Gasteiger partial charge on any atom is 0.416 e. The topological polar surface area (TPSA) is 94.3 Å². The number of hydrogen-bond donors (Lipinski definition) is 2. The van der Waals surface area contributed by atoms with Crippen LogP contribution in [0.15, 0.2) is 63.7 Å². The highest BCUT2D eigenvalue weighted by Gasteiger charge is 2.30. The zero-order valence-corrected chi connectivity index (χ0v) is 14.8. The number of hydrogen-bond acceptors (Lipinski definition) is 5. The van der Waals surface area contributed by atoms with Gasteiger partial charge in [0, 0.05) is 11.9 Å². The summed E-state index contributed by atoms with van der Waals surface area (Å²) in [6.07, 6.45) is -3.03. The number of fused-ring (bicyclic) bond motifs is 1. The van der Waals surface area contributed by atoms with Crippen molar-refractivity contribution >= 4 is 22.8 Å². The number of nitrogens with one attached hydrogen (secondary N) is 1. The van der Waals surface area contributed by atoms with E-state index in [9.17, 15) is 18.0 Å². The van der Waals surface area contributed by atoms with Gasteiger partial charge in [-0.1, -0.05) is 35.5 Å². The summed E-state index contributed by atoms with van der Waals surface area (Å²) in [5, 5.41) is 7.13. The molecule has 1 amide bonds. The lowest BCUT2D eigenvalue weighted by Crippen LogP contribution is -2.24. The fourth-order valence-electron chi connectivity index (χ4n) is 3.00. The van der Waals surface area contributed by atoms with Crippen molar-refractivity contribution < 1.29 is 26.9 Å². The number of nitrogens with two attached hydrogens (primary N) is 1. The predicted molar refractivity (Wildman–Crippen MR) is 98.7 cm³/mol. The summed E-state index contributed by atoms with van der Waals surface area (Å²) in [5.41, 5.74) is 6.56. The molecule has 0 saturated carbocycles. The molecule has 0 spiro atoms. The number of aromatic nitrogens is 1. The molecule has 3 N–H and O–H groups in total. The van der Waals surface area contributed by atoms with Crippen LogP contribution in [0.2, 0.25) is 0 Å². The number of anilines is 1. The Morgan fingerprint density at radius 1 is 1.14 bits per heavy atom. The van der Waals surface area contributed by atoms with Crippen LogP contribution in [0.3, 0.4) is 0 Å². The molecule has 0 bridgehead atoms. The predicted octanol–water partition coefficient (Wildman–Crippen LogP) is 4.62. The monoisotopic (exact) mass is 401 g/mol. The summed E-state index contributed by atoms with van der Waals surface area (Å²) >= 11 is 0. The highest BCUT2D eigenvalue weighted by Crippen LogP contribution is 2.34. The van der Waals surface area contributed by atoms with Crippen molar-refractivity contribution in [1.29, 1.82) is 0 Å². The van der Waals surface area contributed by atoms with Crippen LogP contribution in [0.4, 0.5) is 19.1 Å². The van der Waals surface area contributed by atoms with Crippen LogP contribution < -0.4 is 11.1 Å². The molecule has 6 nitrogen and oxygen atoms in total. The van der Waals surface area contributed by atoms with Crippen LogP contribution in [0.1, 0.15) is 21.5 Å². The summed E-state index contributed by atoms with van der Waals surface area (Å²) in [4.78, 5) is 12.7. The Balaban J connectivity index is 1.60. The van der Waals surface area contributed by atoms with Crippen molar-refractivity contribution in [3.63, 3.8) is 0 Å². The van der Waals surface area contributed by atoms with E-state index in [1.165, 1.54) is 18.4 Å². The first-order valence-electron chi connectivity index (χ1n) is 8.50. The van der Waals surface area contributed by atoms with Crippen molar-refractivity contribution in [2.75, 3.05) is 5.73 Å². The normalized spacial score (nSPS) is 11.7. The van der Waals surface area contributed by atoms with E-state index in [0.29, 0.717) is 22.1 Å². The van der Waals surface area contributed by atoms with E-state index in [0.717, 1.165) is 12.1 Å². The molecule has 0 aliphatic heterocycles. The molecule has 4 rings (SSSR count). The molecular weight excluding hydrogens is 387 g/mol. The summed E-state index contributed by atoms with van der Waals surface area (Å²) in [5.74, 6) is -0.826. The number of rotatable bonds is 4. The standard InChI is InChI=1S/C20H14F3N3O3/c21-20(22,23)12-5-3-4-11(8-12)9-25-19(27)16-17(26-29-18(16)24)14-10-28-15-7-2-1-6-13(14)15/h1-8,10H,9,24H2,(H,25,27). The molecule has 0 unspecified atom stereocenters. The molecule has 29 heavy (non-hydrogen) atoms.